The van der Waals surface area contributed by atoms with Crippen LogP contribution in [-0.2, 0) is 20.8 Å². The van der Waals surface area contributed by atoms with Crippen molar-refractivity contribution in [3.8, 4) is 0 Å². The monoisotopic (exact) mass is 317 g/mol. The first-order chi connectivity index (χ1) is 8.17. The Hall–Kier alpha value is -1.43. The molecule has 1 rings (SSSR count). The highest BCUT2D eigenvalue weighted by Crippen LogP contribution is 1.98. The number of carbonyl (C=O) groups excluding carboxylic acids is 2. The van der Waals surface area contributed by atoms with Crippen LogP contribution >= 0.6 is 0 Å². The topological polar surface area (TPSA) is 56.5 Å². The van der Waals surface area contributed by atoms with E-state index in [1.807, 2.05) is 0 Å². The molecule has 0 saturated heterocycles. The largest absolute Gasteiger partial charge is 1.00 e. The van der Waals surface area contributed by atoms with Crippen LogP contribution < -0.4 is 21.5 Å². The van der Waals surface area contributed by atoms with Gasteiger partial charge in [0.25, 0.3) is 0 Å². The minimum atomic E-state index is -0.365. The molecule has 0 N–H and O–H groups in total. The summed E-state index contributed by atoms with van der Waals surface area (Å²) < 4.78 is 11.3. The molecule has 6 heteroatoms. The smallest absolute Gasteiger partial charge is 0.372 e. The standard InChI is InChI=1S/C12H16NO4.BrH/c1-3-16-11(14)9-13-7-5-10(6-8-13)12(15)17-4-2;/h5-8H,3-4,9H2,1-2H3;1H/q+1;/p-1. The van der Waals surface area contributed by atoms with Gasteiger partial charge in [-0.2, -0.15) is 4.57 Å². The predicted octanol–water partition coefficient (Wildman–Crippen LogP) is -2.28. The summed E-state index contributed by atoms with van der Waals surface area (Å²) in [6.07, 6.45) is 3.28. The molecule has 0 aliphatic rings. The van der Waals surface area contributed by atoms with Gasteiger partial charge in [-0.3, -0.25) is 0 Å². The van der Waals surface area contributed by atoms with Crippen molar-refractivity contribution >= 4 is 11.9 Å². The molecule has 0 aromatic carbocycles. The van der Waals surface area contributed by atoms with Gasteiger partial charge in [0, 0.05) is 12.1 Å². The first kappa shape index (κ1) is 16.6. The second kappa shape index (κ2) is 8.63. The van der Waals surface area contributed by atoms with E-state index in [9.17, 15) is 9.59 Å². The van der Waals surface area contributed by atoms with Gasteiger partial charge in [-0.15, -0.1) is 0 Å². The van der Waals surface area contributed by atoms with Gasteiger partial charge in [-0.05, 0) is 13.8 Å². The molecule has 1 aromatic heterocycles. The zero-order valence-electron chi connectivity index (χ0n) is 10.4. The van der Waals surface area contributed by atoms with Crippen molar-refractivity contribution in [2.45, 2.75) is 20.4 Å². The molecule has 0 bridgehead atoms. The van der Waals surface area contributed by atoms with Crippen LogP contribution in [0.5, 0.6) is 0 Å². The molecule has 5 nitrogen and oxygen atoms in total. The first-order valence-electron chi connectivity index (χ1n) is 5.49. The van der Waals surface area contributed by atoms with Gasteiger partial charge in [0.05, 0.1) is 18.8 Å². The summed E-state index contributed by atoms with van der Waals surface area (Å²) in [6.45, 7) is 4.35. The number of esters is 2. The Balaban J connectivity index is 0.00000289. The molecular formula is C12H16BrNO4. The molecule has 100 valence electrons. The maximum Gasteiger partial charge on any atom is 0.372 e. The summed E-state index contributed by atoms with van der Waals surface area (Å²) in [5, 5.41) is 0. The third-order valence-corrected chi connectivity index (χ3v) is 2.02. The van der Waals surface area contributed by atoms with Gasteiger partial charge < -0.3 is 26.5 Å². The number of aromatic nitrogens is 1. The Morgan fingerprint density at radius 1 is 1.11 bits per heavy atom. The third kappa shape index (κ3) is 5.27. The Morgan fingerprint density at radius 2 is 1.67 bits per heavy atom. The molecule has 0 saturated carbocycles. The lowest BCUT2D eigenvalue weighted by molar-refractivity contribution is -0.686. The molecule has 0 aliphatic heterocycles. The maximum absolute atomic E-state index is 11.4. The van der Waals surface area contributed by atoms with E-state index in [1.54, 1.807) is 42.9 Å². The average Bonchev–Trinajstić information content (AvgIpc) is 2.30. The minimum absolute atomic E-state index is 0. The molecule has 0 unspecified atom stereocenters. The van der Waals surface area contributed by atoms with Crippen molar-refractivity contribution in [2.75, 3.05) is 13.2 Å². The normalized spacial score (nSPS) is 9.22. The fourth-order valence-corrected chi connectivity index (χ4v) is 1.27. The van der Waals surface area contributed by atoms with E-state index in [2.05, 4.69) is 0 Å². The Labute approximate surface area is 116 Å². The molecule has 0 fully saturated rings. The lowest BCUT2D eigenvalue weighted by Gasteiger charge is -2.01. The third-order valence-electron chi connectivity index (χ3n) is 2.02. The van der Waals surface area contributed by atoms with Crippen molar-refractivity contribution in [1.82, 2.24) is 0 Å². The highest BCUT2D eigenvalue weighted by molar-refractivity contribution is 5.88. The lowest BCUT2D eigenvalue weighted by atomic mass is 10.3. The summed E-state index contributed by atoms with van der Waals surface area (Å²) in [5.41, 5.74) is 0.465. The molecule has 0 spiro atoms. The van der Waals surface area contributed by atoms with Gasteiger partial charge in [0.15, 0.2) is 12.4 Å². The zero-order chi connectivity index (χ0) is 12.7. The predicted molar refractivity (Wildman–Crippen MR) is 59.2 cm³/mol. The number of rotatable bonds is 5. The van der Waals surface area contributed by atoms with Gasteiger partial charge in [-0.1, -0.05) is 0 Å². The van der Waals surface area contributed by atoms with Crippen LogP contribution in [0, 0.1) is 0 Å². The summed E-state index contributed by atoms with van der Waals surface area (Å²) in [4.78, 5) is 22.6. The SMILES string of the molecule is CCOC(=O)C[n+]1ccc(C(=O)OCC)cc1.[Br-]. The Bertz CT molecular complexity index is 392. The molecule has 1 heterocycles. The first-order valence-corrected chi connectivity index (χ1v) is 5.49. The number of carbonyl (C=O) groups is 2. The van der Waals surface area contributed by atoms with Crippen LogP contribution in [0.4, 0.5) is 0 Å². The fourth-order valence-electron chi connectivity index (χ4n) is 1.27. The summed E-state index contributed by atoms with van der Waals surface area (Å²) in [6, 6.07) is 3.22. The second-order valence-electron chi connectivity index (χ2n) is 3.28. The van der Waals surface area contributed by atoms with Crippen molar-refractivity contribution in [3.05, 3.63) is 30.1 Å². The van der Waals surface area contributed by atoms with E-state index in [-0.39, 0.29) is 35.5 Å². The molecule has 0 amide bonds. The molecule has 0 aliphatic carbocycles. The number of nitrogens with zero attached hydrogens (tertiary/aromatic N) is 1. The number of halogens is 1. The van der Waals surface area contributed by atoms with Crippen molar-refractivity contribution in [1.29, 1.82) is 0 Å². The van der Waals surface area contributed by atoms with Crippen LogP contribution in [0.1, 0.15) is 24.2 Å². The van der Waals surface area contributed by atoms with Crippen LogP contribution in [0.2, 0.25) is 0 Å². The average molecular weight is 318 g/mol. The van der Waals surface area contributed by atoms with Crippen molar-refractivity contribution < 1.29 is 40.6 Å². The van der Waals surface area contributed by atoms with Crippen LogP contribution in [-0.4, -0.2) is 25.2 Å². The number of hydrogen-bond donors (Lipinski definition) is 0. The summed E-state index contributed by atoms with van der Waals surface area (Å²) in [5.74, 6) is -0.669. The number of hydrogen-bond acceptors (Lipinski definition) is 4. The number of ether oxygens (including phenoxy) is 2. The van der Waals surface area contributed by atoms with Gasteiger partial charge in [0.1, 0.15) is 0 Å². The van der Waals surface area contributed by atoms with Crippen LogP contribution in [0.25, 0.3) is 0 Å². The summed E-state index contributed by atoms with van der Waals surface area (Å²) in [7, 11) is 0. The Morgan fingerprint density at radius 3 is 2.17 bits per heavy atom. The maximum atomic E-state index is 11.4. The quantitative estimate of drug-likeness (QED) is 0.453. The Kier molecular flexibility index (Phi) is 7.94. The zero-order valence-corrected chi connectivity index (χ0v) is 12.0. The van der Waals surface area contributed by atoms with Gasteiger partial charge in [-0.25, -0.2) is 9.59 Å². The number of pyridine rings is 1. The second-order valence-corrected chi connectivity index (χ2v) is 3.28. The molecule has 1 aromatic rings. The molecule has 0 radical (unpaired) electrons. The van der Waals surface area contributed by atoms with E-state index in [0.29, 0.717) is 18.8 Å². The van der Waals surface area contributed by atoms with E-state index < -0.39 is 0 Å². The van der Waals surface area contributed by atoms with E-state index in [4.69, 9.17) is 9.47 Å². The van der Waals surface area contributed by atoms with E-state index >= 15 is 0 Å². The molecule has 0 atom stereocenters. The van der Waals surface area contributed by atoms with E-state index in [0.717, 1.165) is 0 Å². The van der Waals surface area contributed by atoms with Crippen molar-refractivity contribution in [2.24, 2.45) is 0 Å². The highest BCUT2D eigenvalue weighted by Gasteiger charge is 2.12. The highest BCUT2D eigenvalue weighted by atomic mass is 79.9. The van der Waals surface area contributed by atoms with Gasteiger partial charge >= 0.3 is 11.9 Å². The van der Waals surface area contributed by atoms with Crippen LogP contribution in [0.3, 0.4) is 0 Å². The fraction of sp³-hybridized carbons (Fsp3) is 0.417. The molecular weight excluding hydrogens is 302 g/mol. The molecule has 18 heavy (non-hydrogen) atoms. The van der Waals surface area contributed by atoms with Crippen molar-refractivity contribution in [3.63, 3.8) is 0 Å². The summed E-state index contributed by atoms with van der Waals surface area (Å²) >= 11 is 0. The van der Waals surface area contributed by atoms with Crippen LogP contribution in [0.15, 0.2) is 24.5 Å². The minimum Gasteiger partial charge on any atom is -1.00 e. The lowest BCUT2D eigenvalue weighted by Crippen LogP contribution is -3.00. The van der Waals surface area contributed by atoms with E-state index in [1.165, 1.54) is 0 Å². The van der Waals surface area contributed by atoms with Gasteiger partial charge in [0.2, 0.25) is 6.54 Å².